The van der Waals surface area contributed by atoms with Crippen molar-refractivity contribution in [1.82, 2.24) is 0 Å². The van der Waals surface area contributed by atoms with E-state index < -0.39 is 0 Å². The van der Waals surface area contributed by atoms with Crippen molar-refractivity contribution in [1.29, 1.82) is 0 Å². The van der Waals surface area contributed by atoms with Crippen molar-refractivity contribution >= 4 is 59.3 Å². The van der Waals surface area contributed by atoms with Gasteiger partial charge in [-0.15, -0.1) is 11.3 Å². The quantitative estimate of drug-likeness (QED) is 0.160. The monoisotopic (exact) mass is 705 g/mol. The van der Waals surface area contributed by atoms with Gasteiger partial charge in [0, 0.05) is 26.8 Å². The van der Waals surface area contributed by atoms with E-state index in [0.717, 1.165) is 11.4 Å². The maximum atomic E-state index is 2.45. The average Bonchev–Trinajstić information content (AvgIpc) is 3.65. The number of hydrogen-bond donors (Lipinski definition) is 0. The Kier molecular flexibility index (Phi) is 8.09. The second-order valence-corrected chi connectivity index (χ2v) is 14.8. The predicted octanol–water partition coefficient (Wildman–Crippen LogP) is 15.3. The lowest BCUT2D eigenvalue weighted by Crippen LogP contribution is -2.10. The van der Waals surface area contributed by atoms with Crippen LogP contribution in [0.1, 0.15) is 0 Å². The summed E-state index contributed by atoms with van der Waals surface area (Å²) in [6, 6.07) is 77.1. The molecule has 0 aliphatic carbocycles. The Morgan fingerprint density at radius 1 is 0.333 bits per heavy atom. The minimum absolute atomic E-state index is 1.11. The molecule has 0 spiro atoms. The lowest BCUT2D eigenvalue weighted by atomic mass is 9.97. The molecule has 1 aromatic heterocycles. The van der Waals surface area contributed by atoms with E-state index in [1.54, 1.807) is 0 Å². The highest BCUT2D eigenvalue weighted by Crippen LogP contribution is 2.48. The normalized spacial score (nSPS) is 11.3. The maximum Gasteiger partial charge on any atom is 0.0640 e. The molecule has 1 nitrogen and oxygen atoms in total. The Morgan fingerprint density at radius 2 is 0.907 bits per heavy atom. The molecule has 54 heavy (non-hydrogen) atoms. The molecule has 9 aromatic carbocycles. The van der Waals surface area contributed by atoms with Crippen LogP contribution in [0.2, 0.25) is 0 Å². The largest absolute Gasteiger partial charge is 0.309 e. The molecule has 0 aliphatic heterocycles. The Labute approximate surface area is 319 Å². The van der Waals surface area contributed by atoms with Gasteiger partial charge in [-0.2, -0.15) is 0 Å². The molecule has 10 aromatic rings. The standard InChI is InChI=1S/C52H35NS/c1-3-13-36(14-4-1)41-19-11-20-42(33-41)43-21-12-22-46(35-43)53(45-29-27-38(28-30-45)44-26-25-37-15-7-8-18-40(37)34-44)49-32-31-47(39-16-5-2-6-17-39)51-48-23-9-10-24-50(48)54-52(49)51/h1-35H. The Bertz CT molecular complexity index is 2920. The average molecular weight is 706 g/mol. The summed E-state index contributed by atoms with van der Waals surface area (Å²) in [6.07, 6.45) is 0. The molecule has 0 fully saturated rings. The van der Waals surface area contributed by atoms with Crippen LogP contribution in [-0.2, 0) is 0 Å². The Morgan fingerprint density at radius 3 is 1.70 bits per heavy atom. The van der Waals surface area contributed by atoms with Crippen LogP contribution in [-0.4, -0.2) is 0 Å². The van der Waals surface area contributed by atoms with Gasteiger partial charge in [0.1, 0.15) is 0 Å². The second kappa shape index (κ2) is 13.7. The summed E-state index contributed by atoms with van der Waals surface area (Å²) in [5.41, 5.74) is 13.1. The van der Waals surface area contributed by atoms with Crippen LogP contribution < -0.4 is 4.90 Å². The molecule has 10 rings (SSSR count). The van der Waals surface area contributed by atoms with E-state index in [2.05, 4.69) is 217 Å². The van der Waals surface area contributed by atoms with Crippen molar-refractivity contribution in [2.75, 3.05) is 4.90 Å². The maximum absolute atomic E-state index is 2.45. The number of anilines is 3. The third-order valence-electron chi connectivity index (χ3n) is 10.4. The topological polar surface area (TPSA) is 3.24 Å². The first-order chi connectivity index (χ1) is 26.8. The van der Waals surface area contributed by atoms with Gasteiger partial charge < -0.3 is 4.90 Å². The number of hydrogen-bond acceptors (Lipinski definition) is 2. The first-order valence-corrected chi connectivity index (χ1v) is 19.2. The zero-order chi connectivity index (χ0) is 35.8. The fourth-order valence-electron chi connectivity index (χ4n) is 7.78. The molecule has 0 unspecified atom stereocenters. The van der Waals surface area contributed by atoms with Crippen molar-refractivity contribution in [3.05, 3.63) is 212 Å². The fraction of sp³-hybridized carbons (Fsp3) is 0. The number of rotatable bonds is 7. The Balaban J connectivity index is 1.15. The van der Waals surface area contributed by atoms with Gasteiger partial charge in [0.25, 0.3) is 0 Å². The molecule has 0 saturated heterocycles. The molecular formula is C52H35NS. The van der Waals surface area contributed by atoms with E-state index in [1.807, 2.05) is 11.3 Å². The summed E-state index contributed by atoms with van der Waals surface area (Å²) in [6.45, 7) is 0. The molecule has 1 heterocycles. The summed E-state index contributed by atoms with van der Waals surface area (Å²) < 4.78 is 2.56. The second-order valence-electron chi connectivity index (χ2n) is 13.7. The molecule has 0 aliphatic rings. The van der Waals surface area contributed by atoms with E-state index in [-0.39, 0.29) is 0 Å². The van der Waals surface area contributed by atoms with E-state index in [9.17, 15) is 0 Å². The van der Waals surface area contributed by atoms with Gasteiger partial charge in [0.2, 0.25) is 0 Å². The molecule has 0 atom stereocenters. The van der Waals surface area contributed by atoms with Crippen LogP contribution >= 0.6 is 11.3 Å². The van der Waals surface area contributed by atoms with Gasteiger partial charge in [-0.25, -0.2) is 0 Å². The van der Waals surface area contributed by atoms with Crippen molar-refractivity contribution in [2.45, 2.75) is 0 Å². The number of fused-ring (bicyclic) bond motifs is 4. The highest BCUT2D eigenvalue weighted by atomic mass is 32.1. The van der Waals surface area contributed by atoms with Crippen molar-refractivity contribution < 1.29 is 0 Å². The van der Waals surface area contributed by atoms with E-state index in [1.165, 1.54) is 81.1 Å². The van der Waals surface area contributed by atoms with Crippen LogP contribution in [0.25, 0.3) is 75.5 Å². The summed E-state index contributed by atoms with van der Waals surface area (Å²) in [7, 11) is 0. The van der Waals surface area contributed by atoms with Crippen molar-refractivity contribution in [3.63, 3.8) is 0 Å². The van der Waals surface area contributed by atoms with Gasteiger partial charge in [-0.3, -0.25) is 0 Å². The van der Waals surface area contributed by atoms with E-state index in [0.29, 0.717) is 0 Å². The number of nitrogens with zero attached hydrogens (tertiary/aromatic N) is 1. The van der Waals surface area contributed by atoms with Crippen LogP contribution in [0.5, 0.6) is 0 Å². The summed E-state index contributed by atoms with van der Waals surface area (Å²) in [4.78, 5) is 2.45. The van der Waals surface area contributed by atoms with Crippen LogP contribution in [0.3, 0.4) is 0 Å². The molecule has 254 valence electrons. The van der Waals surface area contributed by atoms with Crippen LogP contribution in [0.15, 0.2) is 212 Å². The molecule has 0 bridgehead atoms. The molecule has 0 N–H and O–H groups in total. The van der Waals surface area contributed by atoms with Crippen molar-refractivity contribution in [2.24, 2.45) is 0 Å². The number of thiophene rings is 1. The lowest BCUT2D eigenvalue weighted by molar-refractivity contribution is 1.30. The summed E-state index contributed by atoms with van der Waals surface area (Å²) in [5.74, 6) is 0. The van der Waals surface area contributed by atoms with E-state index in [4.69, 9.17) is 0 Å². The van der Waals surface area contributed by atoms with Crippen LogP contribution in [0, 0.1) is 0 Å². The van der Waals surface area contributed by atoms with Gasteiger partial charge in [0.05, 0.1) is 10.4 Å². The summed E-state index contributed by atoms with van der Waals surface area (Å²) >= 11 is 1.87. The van der Waals surface area contributed by atoms with Crippen LogP contribution in [0.4, 0.5) is 17.1 Å². The zero-order valence-corrected chi connectivity index (χ0v) is 30.4. The van der Waals surface area contributed by atoms with Gasteiger partial charge in [-0.1, -0.05) is 164 Å². The molecule has 0 amide bonds. The third kappa shape index (κ3) is 5.84. The SMILES string of the molecule is c1ccc(-c2cccc(-c3cccc(N(c4ccc(-c5ccc6ccccc6c5)cc4)c4ccc(-c5ccccc5)c5c4sc4ccccc45)c3)c2)cc1. The zero-order valence-electron chi connectivity index (χ0n) is 29.6. The number of benzene rings is 9. The van der Waals surface area contributed by atoms with Gasteiger partial charge >= 0.3 is 0 Å². The molecule has 0 radical (unpaired) electrons. The lowest BCUT2D eigenvalue weighted by Gasteiger charge is -2.27. The molecule has 0 saturated carbocycles. The predicted molar refractivity (Wildman–Crippen MR) is 233 cm³/mol. The highest BCUT2D eigenvalue weighted by molar-refractivity contribution is 7.26. The fourth-order valence-corrected chi connectivity index (χ4v) is 9.01. The molecular weight excluding hydrogens is 671 g/mol. The minimum atomic E-state index is 1.11. The highest BCUT2D eigenvalue weighted by Gasteiger charge is 2.21. The first-order valence-electron chi connectivity index (χ1n) is 18.4. The van der Waals surface area contributed by atoms with Gasteiger partial charge in [0.15, 0.2) is 0 Å². The van der Waals surface area contributed by atoms with Gasteiger partial charge in [-0.05, 0) is 104 Å². The molecule has 2 heteroatoms. The Hall–Kier alpha value is -6.74. The summed E-state index contributed by atoms with van der Waals surface area (Å²) in [5, 5.41) is 5.09. The van der Waals surface area contributed by atoms with Crippen molar-refractivity contribution in [3.8, 4) is 44.5 Å². The first kappa shape index (κ1) is 32.0. The van der Waals surface area contributed by atoms with E-state index >= 15 is 0 Å². The minimum Gasteiger partial charge on any atom is -0.309 e. The smallest absolute Gasteiger partial charge is 0.0640 e. The third-order valence-corrected chi connectivity index (χ3v) is 11.6.